The Morgan fingerprint density at radius 3 is 2.71 bits per heavy atom. The van der Waals surface area contributed by atoms with Crippen molar-refractivity contribution in [1.29, 1.82) is 0 Å². The zero-order chi connectivity index (χ0) is 16.7. The molecular formula is C19H18N2O3. The van der Waals surface area contributed by atoms with Crippen LogP contribution in [0.2, 0.25) is 0 Å². The Balaban J connectivity index is 1.90. The molecule has 24 heavy (non-hydrogen) atoms. The second-order valence-electron chi connectivity index (χ2n) is 6.22. The summed E-state index contributed by atoms with van der Waals surface area (Å²) < 4.78 is 5.47. The van der Waals surface area contributed by atoms with Crippen molar-refractivity contribution in [1.82, 2.24) is 0 Å². The van der Waals surface area contributed by atoms with Crippen LogP contribution in [0.1, 0.15) is 29.5 Å². The quantitative estimate of drug-likeness (QED) is 0.516. The third kappa shape index (κ3) is 2.16. The Morgan fingerprint density at radius 1 is 1.21 bits per heavy atom. The van der Waals surface area contributed by atoms with Gasteiger partial charge in [-0.25, -0.2) is 0 Å². The molecule has 0 spiro atoms. The van der Waals surface area contributed by atoms with Crippen LogP contribution in [-0.4, -0.2) is 12.0 Å². The first kappa shape index (κ1) is 14.8. The molecule has 1 N–H and O–H groups in total. The molecule has 2 aliphatic rings. The number of anilines is 1. The smallest absolute Gasteiger partial charge is 0.275 e. The summed E-state index contributed by atoms with van der Waals surface area (Å²) in [5, 5.41) is 15.1. The average molecular weight is 322 g/mol. The molecule has 2 aromatic carbocycles. The lowest BCUT2D eigenvalue weighted by atomic mass is 9.76. The monoisotopic (exact) mass is 322 g/mol. The molecule has 2 aromatic rings. The number of fused-ring (bicyclic) bond motifs is 3. The molecule has 0 saturated carbocycles. The molecule has 1 aliphatic heterocycles. The summed E-state index contributed by atoms with van der Waals surface area (Å²) in [7, 11) is 1.59. The van der Waals surface area contributed by atoms with Crippen LogP contribution in [-0.2, 0) is 0 Å². The van der Waals surface area contributed by atoms with Crippen molar-refractivity contribution in [3.05, 3.63) is 75.9 Å². The summed E-state index contributed by atoms with van der Waals surface area (Å²) in [5.41, 5.74) is 2.83. The van der Waals surface area contributed by atoms with Gasteiger partial charge < -0.3 is 10.1 Å². The van der Waals surface area contributed by atoms with Gasteiger partial charge in [0.2, 0.25) is 0 Å². The first-order valence-electron chi connectivity index (χ1n) is 8.04. The second kappa shape index (κ2) is 5.67. The van der Waals surface area contributed by atoms with E-state index in [4.69, 9.17) is 4.74 Å². The number of allylic oxidation sites excluding steroid dienone is 2. The SMILES string of the molecule is COc1ccc([N+](=O)[O-])c2c1NC(c1ccccc1)C1CC=CC21. The number of rotatable bonds is 3. The van der Waals surface area contributed by atoms with Crippen LogP contribution in [0.15, 0.2) is 54.6 Å². The molecule has 0 amide bonds. The van der Waals surface area contributed by atoms with Crippen molar-refractivity contribution in [2.24, 2.45) is 5.92 Å². The van der Waals surface area contributed by atoms with E-state index in [1.807, 2.05) is 18.2 Å². The van der Waals surface area contributed by atoms with Gasteiger partial charge in [0.25, 0.3) is 5.69 Å². The van der Waals surface area contributed by atoms with Gasteiger partial charge in [0.1, 0.15) is 5.75 Å². The van der Waals surface area contributed by atoms with Crippen LogP contribution in [0.25, 0.3) is 0 Å². The first-order valence-corrected chi connectivity index (χ1v) is 8.04. The number of nitrogens with zero attached hydrogens (tertiary/aromatic N) is 1. The fourth-order valence-corrected chi connectivity index (χ4v) is 3.98. The van der Waals surface area contributed by atoms with Crippen molar-refractivity contribution in [3.8, 4) is 5.75 Å². The van der Waals surface area contributed by atoms with E-state index in [9.17, 15) is 10.1 Å². The molecule has 0 bridgehead atoms. The Morgan fingerprint density at radius 2 is 2.00 bits per heavy atom. The standard InChI is InChI=1S/C19H18N2O3/c1-24-16-11-10-15(21(22)23)17-13-8-5-9-14(13)18(20-19(16)17)12-6-3-2-4-7-12/h2-8,10-11,13-14,18,20H,9H2,1H3. The maximum Gasteiger partial charge on any atom is 0.275 e. The highest BCUT2D eigenvalue weighted by atomic mass is 16.6. The van der Waals surface area contributed by atoms with Crippen molar-refractivity contribution < 1.29 is 9.66 Å². The Labute approximate surface area is 140 Å². The molecule has 5 nitrogen and oxygen atoms in total. The number of hydrogen-bond donors (Lipinski definition) is 1. The van der Waals surface area contributed by atoms with E-state index in [0.29, 0.717) is 5.75 Å². The number of ether oxygens (including phenoxy) is 1. The van der Waals surface area contributed by atoms with Crippen LogP contribution >= 0.6 is 0 Å². The lowest BCUT2D eigenvalue weighted by Gasteiger charge is -2.37. The third-order valence-corrected chi connectivity index (χ3v) is 5.03. The molecule has 0 fully saturated rings. The van der Waals surface area contributed by atoms with Crippen LogP contribution in [0.3, 0.4) is 0 Å². The van der Waals surface area contributed by atoms with Gasteiger partial charge in [0.05, 0.1) is 29.3 Å². The third-order valence-electron chi connectivity index (χ3n) is 5.03. The van der Waals surface area contributed by atoms with E-state index in [2.05, 4.69) is 29.6 Å². The minimum Gasteiger partial charge on any atom is -0.495 e. The first-order chi connectivity index (χ1) is 11.7. The van der Waals surface area contributed by atoms with Gasteiger partial charge in [-0.1, -0.05) is 42.5 Å². The van der Waals surface area contributed by atoms with E-state index >= 15 is 0 Å². The number of nitro benzene ring substituents is 1. The highest BCUT2D eigenvalue weighted by Crippen LogP contribution is 2.54. The lowest BCUT2D eigenvalue weighted by molar-refractivity contribution is -0.385. The van der Waals surface area contributed by atoms with E-state index < -0.39 is 0 Å². The normalized spacial score (nSPS) is 24.0. The van der Waals surface area contributed by atoms with Crippen molar-refractivity contribution in [2.45, 2.75) is 18.4 Å². The predicted octanol–water partition coefficient (Wildman–Crippen LogP) is 4.43. The van der Waals surface area contributed by atoms with Gasteiger partial charge in [0, 0.05) is 12.0 Å². The second-order valence-corrected chi connectivity index (χ2v) is 6.22. The number of methoxy groups -OCH3 is 1. The van der Waals surface area contributed by atoms with Gasteiger partial charge in [-0.3, -0.25) is 10.1 Å². The van der Waals surface area contributed by atoms with Crippen LogP contribution in [0.5, 0.6) is 5.75 Å². The van der Waals surface area contributed by atoms with Crippen molar-refractivity contribution >= 4 is 11.4 Å². The van der Waals surface area contributed by atoms with Gasteiger partial charge in [0.15, 0.2) is 0 Å². The highest BCUT2D eigenvalue weighted by Gasteiger charge is 2.42. The number of benzene rings is 2. The number of nitro groups is 1. The molecule has 0 saturated heterocycles. The van der Waals surface area contributed by atoms with Crippen LogP contribution in [0, 0.1) is 16.0 Å². The zero-order valence-corrected chi connectivity index (χ0v) is 13.3. The minimum atomic E-state index is -0.300. The largest absolute Gasteiger partial charge is 0.495 e. The fraction of sp³-hybridized carbons (Fsp3) is 0.263. The summed E-state index contributed by atoms with van der Waals surface area (Å²) in [5.74, 6) is 0.947. The fourth-order valence-electron chi connectivity index (χ4n) is 3.98. The summed E-state index contributed by atoms with van der Waals surface area (Å²) in [4.78, 5) is 11.2. The van der Waals surface area contributed by atoms with E-state index in [-0.39, 0.29) is 28.5 Å². The minimum absolute atomic E-state index is 0.0296. The molecular weight excluding hydrogens is 304 g/mol. The van der Waals surface area contributed by atoms with Gasteiger partial charge in [-0.15, -0.1) is 0 Å². The molecule has 5 heteroatoms. The molecule has 0 radical (unpaired) electrons. The summed E-state index contributed by atoms with van der Waals surface area (Å²) in [6.07, 6.45) is 5.14. The van der Waals surface area contributed by atoms with Crippen LogP contribution < -0.4 is 10.1 Å². The molecule has 3 atom stereocenters. The van der Waals surface area contributed by atoms with E-state index in [0.717, 1.165) is 17.7 Å². The van der Waals surface area contributed by atoms with Crippen molar-refractivity contribution in [3.63, 3.8) is 0 Å². The van der Waals surface area contributed by atoms with E-state index in [1.54, 1.807) is 19.2 Å². The molecule has 4 rings (SSSR count). The zero-order valence-electron chi connectivity index (χ0n) is 13.3. The predicted molar refractivity (Wildman–Crippen MR) is 92.4 cm³/mol. The molecule has 122 valence electrons. The van der Waals surface area contributed by atoms with Crippen LogP contribution in [0.4, 0.5) is 11.4 Å². The lowest BCUT2D eigenvalue weighted by Crippen LogP contribution is -2.30. The van der Waals surface area contributed by atoms with Gasteiger partial charge in [-0.05, 0) is 24.0 Å². The van der Waals surface area contributed by atoms with Crippen molar-refractivity contribution in [2.75, 3.05) is 12.4 Å². The van der Waals surface area contributed by atoms with E-state index in [1.165, 1.54) is 5.56 Å². The maximum atomic E-state index is 11.5. The molecule has 1 aliphatic carbocycles. The Hall–Kier alpha value is -2.82. The average Bonchev–Trinajstić information content (AvgIpc) is 3.10. The number of nitrogens with one attached hydrogen (secondary N) is 1. The Kier molecular flexibility index (Phi) is 3.49. The topological polar surface area (TPSA) is 64.4 Å². The molecule has 1 heterocycles. The Bertz CT molecular complexity index is 817. The number of hydrogen-bond acceptors (Lipinski definition) is 4. The summed E-state index contributed by atoms with van der Waals surface area (Å²) in [6, 6.07) is 13.6. The molecule has 0 aromatic heterocycles. The summed E-state index contributed by atoms with van der Waals surface area (Å²) in [6.45, 7) is 0. The summed E-state index contributed by atoms with van der Waals surface area (Å²) >= 11 is 0. The van der Waals surface area contributed by atoms with Gasteiger partial charge >= 0.3 is 0 Å². The highest BCUT2D eigenvalue weighted by molar-refractivity contribution is 5.73. The maximum absolute atomic E-state index is 11.5. The molecule has 3 unspecified atom stereocenters. The van der Waals surface area contributed by atoms with Gasteiger partial charge in [-0.2, -0.15) is 0 Å².